The molecule has 56 valence electrons. The van der Waals surface area contributed by atoms with E-state index >= 15 is 0 Å². The van der Waals surface area contributed by atoms with Crippen LogP contribution in [0.3, 0.4) is 0 Å². The Balaban J connectivity index is 3.09. The molecule has 0 heterocycles. The number of thioether (sulfide) groups is 1. The Bertz CT molecular complexity index is 57.0. The van der Waals surface area contributed by atoms with Gasteiger partial charge in [-0.15, -0.1) is 0 Å². The maximum atomic E-state index is 8.68. The number of rotatable bonds is 5. The fourth-order valence-corrected chi connectivity index (χ4v) is 1.11. The standard InChI is InChI=1S/C6H15NOS/c1-7-6(5-8)3-4-9-2/h6-8H,3-5H2,1-2H3. The van der Waals surface area contributed by atoms with Crippen LogP contribution in [-0.2, 0) is 0 Å². The highest BCUT2D eigenvalue weighted by atomic mass is 32.2. The predicted octanol–water partition coefficient (Wildman–Crippen LogP) is 0.320. The largest absolute Gasteiger partial charge is 0.395 e. The summed E-state index contributed by atoms with van der Waals surface area (Å²) < 4.78 is 0. The Morgan fingerprint density at radius 2 is 2.33 bits per heavy atom. The zero-order valence-electron chi connectivity index (χ0n) is 6.05. The number of hydrogen-bond donors (Lipinski definition) is 2. The molecule has 0 spiro atoms. The van der Waals surface area contributed by atoms with E-state index in [1.807, 2.05) is 18.8 Å². The van der Waals surface area contributed by atoms with E-state index in [-0.39, 0.29) is 12.6 Å². The van der Waals surface area contributed by atoms with Gasteiger partial charge in [0.05, 0.1) is 6.61 Å². The van der Waals surface area contributed by atoms with Gasteiger partial charge in [0.25, 0.3) is 0 Å². The van der Waals surface area contributed by atoms with E-state index in [0.717, 1.165) is 12.2 Å². The van der Waals surface area contributed by atoms with E-state index in [0.29, 0.717) is 0 Å². The smallest absolute Gasteiger partial charge is 0.0584 e. The summed E-state index contributed by atoms with van der Waals surface area (Å²) in [4.78, 5) is 0. The number of aliphatic hydroxyl groups is 1. The van der Waals surface area contributed by atoms with Gasteiger partial charge in [-0.3, -0.25) is 0 Å². The molecule has 0 saturated carbocycles. The first-order chi connectivity index (χ1) is 4.35. The molecule has 9 heavy (non-hydrogen) atoms. The molecular weight excluding hydrogens is 134 g/mol. The summed E-state index contributed by atoms with van der Waals surface area (Å²) in [5, 5.41) is 11.7. The maximum absolute atomic E-state index is 8.68. The first-order valence-corrected chi connectivity index (χ1v) is 4.51. The Hall–Kier alpha value is 0.270. The normalized spacial score (nSPS) is 13.7. The summed E-state index contributed by atoms with van der Waals surface area (Å²) in [6.45, 7) is 0.247. The SMILES string of the molecule is CNC(CO)CCSC. The van der Waals surface area contributed by atoms with Crippen molar-refractivity contribution in [2.75, 3.05) is 25.7 Å². The van der Waals surface area contributed by atoms with E-state index in [2.05, 4.69) is 11.6 Å². The van der Waals surface area contributed by atoms with Gasteiger partial charge in [0.2, 0.25) is 0 Å². The van der Waals surface area contributed by atoms with E-state index in [1.165, 1.54) is 0 Å². The molecule has 0 bridgehead atoms. The van der Waals surface area contributed by atoms with Crippen LogP contribution in [0.25, 0.3) is 0 Å². The van der Waals surface area contributed by atoms with Crippen molar-refractivity contribution < 1.29 is 5.11 Å². The third-order valence-electron chi connectivity index (χ3n) is 1.30. The molecule has 0 aromatic heterocycles. The molecule has 2 nitrogen and oxygen atoms in total. The highest BCUT2D eigenvalue weighted by molar-refractivity contribution is 7.98. The molecule has 3 heteroatoms. The van der Waals surface area contributed by atoms with Crippen LogP contribution in [0.2, 0.25) is 0 Å². The van der Waals surface area contributed by atoms with Crippen LogP contribution in [0.4, 0.5) is 0 Å². The molecule has 0 aromatic rings. The summed E-state index contributed by atoms with van der Waals surface area (Å²) in [7, 11) is 1.88. The highest BCUT2D eigenvalue weighted by Crippen LogP contribution is 1.98. The summed E-state index contributed by atoms with van der Waals surface area (Å²) in [5.74, 6) is 1.12. The molecule has 0 amide bonds. The van der Waals surface area contributed by atoms with Crippen molar-refractivity contribution in [3.05, 3.63) is 0 Å². The van der Waals surface area contributed by atoms with Gasteiger partial charge in [0, 0.05) is 6.04 Å². The van der Waals surface area contributed by atoms with Crippen LogP contribution >= 0.6 is 11.8 Å². The molecule has 1 atom stereocenters. The summed E-state index contributed by atoms with van der Waals surface area (Å²) >= 11 is 1.81. The topological polar surface area (TPSA) is 32.3 Å². The molecule has 0 rings (SSSR count). The first kappa shape index (κ1) is 9.27. The van der Waals surface area contributed by atoms with Crippen LogP contribution in [0.1, 0.15) is 6.42 Å². The van der Waals surface area contributed by atoms with Gasteiger partial charge < -0.3 is 10.4 Å². The molecular formula is C6H15NOS. The van der Waals surface area contributed by atoms with E-state index in [1.54, 1.807) is 0 Å². The van der Waals surface area contributed by atoms with Gasteiger partial charge in [-0.1, -0.05) is 0 Å². The van der Waals surface area contributed by atoms with Crippen molar-refractivity contribution in [3.63, 3.8) is 0 Å². The van der Waals surface area contributed by atoms with Crippen molar-refractivity contribution >= 4 is 11.8 Å². The second-order valence-electron chi connectivity index (χ2n) is 1.95. The van der Waals surface area contributed by atoms with Crippen molar-refractivity contribution in [1.82, 2.24) is 5.32 Å². The third-order valence-corrected chi connectivity index (χ3v) is 1.94. The Kier molecular flexibility index (Phi) is 6.58. The lowest BCUT2D eigenvalue weighted by Crippen LogP contribution is -2.29. The number of nitrogens with one attached hydrogen (secondary N) is 1. The minimum absolute atomic E-state index is 0.247. The van der Waals surface area contributed by atoms with Gasteiger partial charge >= 0.3 is 0 Å². The zero-order valence-corrected chi connectivity index (χ0v) is 6.87. The van der Waals surface area contributed by atoms with E-state index in [9.17, 15) is 0 Å². The molecule has 0 aromatic carbocycles. The molecule has 2 N–H and O–H groups in total. The first-order valence-electron chi connectivity index (χ1n) is 3.12. The average Bonchev–Trinajstić information content (AvgIpc) is 1.91. The Morgan fingerprint density at radius 1 is 1.67 bits per heavy atom. The molecule has 0 aliphatic rings. The van der Waals surface area contributed by atoms with Crippen LogP contribution in [0.5, 0.6) is 0 Å². The van der Waals surface area contributed by atoms with Gasteiger partial charge in [0.15, 0.2) is 0 Å². The average molecular weight is 149 g/mol. The predicted molar refractivity (Wildman–Crippen MR) is 42.9 cm³/mol. The van der Waals surface area contributed by atoms with Crippen LogP contribution < -0.4 is 5.32 Å². The molecule has 0 saturated heterocycles. The van der Waals surface area contributed by atoms with Gasteiger partial charge in [-0.2, -0.15) is 11.8 Å². The van der Waals surface area contributed by atoms with Crippen molar-refractivity contribution in [2.45, 2.75) is 12.5 Å². The van der Waals surface area contributed by atoms with Crippen molar-refractivity contribution in [3.8, 4) is 0 Å². The molecule has 0 fully saturated rings. The molecule has 0 radical (unpaired) electrons. The second-order valence-corrected chi connectivity index (χ2v) is 2.94. The Morgan fingerprint density at radius 3 is 2.67 bits per heavy atom. The second kappa shape index (κ2) is 6.39. The molecule has 0 aliphatic heterocycles. The number of hydrogen-bond acceptors (Lipinski definition) is 3. The lowest BCUT2D eigenvalue weighted by Gasteiger charge is -2.10. The van der Waals surface area contributed by atoms with Crippen LogP contribution in [0.15, 0.2) is 0 Å². The summed E-state index contributed by atoms with van der Waals surface area (Å²) in [6, 6.07) is 0.289. The van der Waals surface area contributed by atoms with Crippen molar-refractivity contribution in [1.29, 1.82) is 0 Å². The maximum Gasteiger partial charge on any atom is 0.0584 e. The number of aliphatic hydroxyl groups excluding tert-OH is 1. The zero-order chi connectivity index (χ0) is 7.11. The van der Waals surface area contributed by atoms with Crippen LogP contribution in [-0.4, -0.2) is 36.8 Å². The molecule has 0 aliphatic carbocycles. The Labute approximate surface area is 61.0 Å². The minimum atomic E-state index is 0.247. The fraction of sp³-hybridized carbons (Fsp3) is 1.00. The number of likely N-dealkylation sites (N-methyl/N-ethyl adjacent to an activating group) is 1. The van der Waals surface area contributed by atoms with E-state index in [4.69, 9.17) is 5.11 Å². The fourth-order valence-electron chi connectivity index (χ4n) is 0.587. The summed E-state index contributed by atoms with van der Waals surface area (Å²) in [5.41, 5.74) is 0. The molecule has 1 unspecified atom stereocenters. The summed E-state index contributed by atoms with van der Waals surface area (Å²) in [6.07, 6.45) is 3.12. The third kappa shape index (κ3) is 4.75. The van der Waals surface area contributed by atoms with Gasteiger partial charge in [0.1, 0.15) is 0 Å². The quantitative estimate of drug-likeness (QED) is 0.590. The lowest BCUT2D eigenvalue weighted by molar-refractivity contribution is 0.246. The van der Waals surface area contributed by atoms with Crippen molar-refractivity contribution in [2.24, 2.45) is 0 Å². The van der Waals surface area contributed by atoms with E-state index < -0.39 is 0 Å². The lowest BCUT2D eigenvalue weighted by atomic mass is 10.2. The monoisotopic (exact) mass is 149 g/mol. The van der Waals surface area contributed by atoms with Gasteiger partial charge in [-0.25, -0.2) is 0 Å². The van der Waals surface area contributed by atoms with Gasteiger partial charge in [-0.05, 0) is 25.5 Å². The minimum Gasteiger partial charge on any atom is -0.395 e. The van der Waals surface area contributed by atoms with Crippen LogP contribution in [0, 0.1) is 0 Å². The highest BCUT2D eigenvalue weighted by Gasteiger charge is 2.00.